The molecule has 5 heteroatoms. The van der Waals surface area contributed by atoms with Crippen molar-refractivity contribution in [3.63, 3.8) is 0 Å². The molecular weight excluding hydrogens is 426 g/mol. The first-order valence-electron chi connectivity index (χ1n) is 14.2. The van der Waals surface area contributed by atoms with E-state index in [4.69, 9.17) is 0 Å². The van der Waals surface area contributed by atoms with Crippen LogP contribution in [-0.4, -0.2) is 34.2 Å². The van der Waals surface area contributed by atoms with Gasteiger partial charge in [-0.05, 0) is 116 Å². The number of rotatable bonds is 7. The summed E-state index contributed by atoms with van der Waals surface area (Å²) < 4.78 is 0. The Morgan fingerprint density at radius 2 is 1.62 bits per heavy atom. The fraction of sp³-hybridized carbons (Fsp3) is 0.931. The standard InChI is InChI=1S/C29H49NO4/c1-17(2)26(27(33)34)30-25(32)11-6-18(3)22-9-10-23-21-8-7-19-16-20(31)12-14-28(19,4)24(21)13-15-29(22,23)5/h17-24,26,31H,6-16H2,1-5H3,(H,30,32)(H,33,34)/t18?,19-,20-,21+,22-,23+,24+,26?,28+,29-/m1/s1. The van der Waals surface area contributed by atoms with Crippen LogP contribution in [0.3, 0.4) is 0 Å². The van der Waals surface area contributed by atoms with Crippen molar-refractivity contribution in [3.05, 3.63) is 0 Å². The van der Waals surface area contributed by atoms with Gasteiger partial charge in [0.05, 0.1) is 6.10 Å². The first kappa shape index (κ1) is 26.0. The highest BCUT2D eigenvalue weighted by Crippen LogP contribution is 2.68. The summed E-state index contributed by atoms with van der Waals surface area (Å²) in [5.74, 6) is 3.11. The highest BCUT2D eigenvalue weighted by molar-refractivity contribution is 5.83. The topological polar surface area (TPSA) is 86.6 Å². The first-order valence-corrected chi connectivity index (χ1v) is 14.2. The SMILES string of the molecule is CC(C)C(NC(=O)CCC(C)[C@H]1CC[C@H]2[C@@H]3CC[C@@H]4C[C@H](O)CC[C@]4(C)[C@H]3CC[C@]12C)C(=O)O. The van der Waals surface area contributed by atoms with Gasteiger partial charge in [0, 0.05) is 6.42 Å². The second kappa shape index (κ2) is 9.75. The van der Waals surface area contributed by atoms with Crippen LogP contribution in [0.2, 0.25) is 0 Å². The van der Waals surface area contributed by atoms with Gasteiger partial charge in [-0.3, -0.25) is 4.79 Å². The van der Waals surface area contributed by atoms with Crippen molar-refractivity contribution >= 4 is 11.9 Å². The molecule has 194 valence electrons. The van der Waals surface area contributed by atoms with E-state index in [-0.39, 0.29) is 17.9 Å². The molecule has 0 spiro atoms. The predicted molar refractivity (Wildman–Crippen MR) is 134 cm³/mol. The molecule has 10 atom stereocenters. The van der Waals surface area contributed by atoms with E-state index in [2.05, 4.69) is 26.1 Å². The molecule has 0 aromatic heterocycles. The zero-order valence-corrected chi connectivity index (χ0v) is 22.2. The number of aliphatic hydroxyl groups excluding tert-OH is 1. The summed E-state index contributed by atoms with van der Waals surface area (Å²) in [6.45, 7) is 11.1. The predicted octanol–water partition coefficient (Wildman–Crippen LogP) is 5.65. The average molecular weight is 476 g/mol. The maximum atomic E-state index is 12.5. The van der Waals surface area contributed by atoms with Gasteiger partial charge in [0.2, 0.25) is 5.91 Å². The fourth-order valence-corrected chi connectivity index (χ4v) is 9.53. The van der Waals surface area contributed by atoms with E-state index in [9.17, 15) is 19.8 Å². The maximum absolute atomic E-state index is 12.5. The Balaban J connectivity index is 1.38. The molecule has 34 heavy (non-hydrogen) atoms. The highest BCUT2D eigenvalue weighted by atomic mass is 16.4. The number of fused-ring (bicyclic) bond motifs is 5. The number of carboxylic acids is 1. The number of nitrogens with one attached hydrogen (secondary N) is 1. The first-order chi connectivity index (χ1) is 16.0. The lowest BCUT2D eigenvalue weighted by Gasteiger charge is -2.61. The van der Waals surface area contributed by atoms with Crippen molar-refractivity contribution in [1.82, 2.24) is 5.32 Å². The number of carbonyl (C=O) groups is 2. The molecule has 4 aliphatic rings. The number of hydrogen-bond acceptors (Lipinski definition) is 3. The van der Waals surface area contributed by atoms with Crippen LogP contribution < -0.4 is 5.32 Å². The van der Waals surface area contributed by atoms with Crippen molar-refractivity contribution < 1.29 is 19.8 Å². The third kappa shape index (κ3) is 4.55. The molecule has 0 saturated heterocycles. The molecule has 0 radical (unpaired) electrons. The summed E-state index contributed by atoms with van der Waals surface area (Å²) in [5.41, 5.74) is 0.790. The minimum absolute atomic E-state index is 0.0799. The van der Waals surface area contributed by atoms with Crippen LogP contribution >= 0.6 is 0 Å². The molecule has 4 aliphatic carbocycles. The second-order valence-electron chi connectivity index (χ2n) is 13.5. The van der Waals surface area contributed by atoms with E-state index in [1.807, 2.05) is 13.8 Å². The van der Waals surface area contributed by atoms with Crippen LogP contribution in [0.4, 0.5) is 0 Å². The van der Waals surface area contributed by atoms with Gasteiger partial charge < -0.3 is 15.5 Å². The molecule has 4 saturated carbocycles. The Hall–Kier alpha value is -1.10. The highest BCUT2D eigenvalue weighted by Gasteiger charge is 2.60. The molecule has 3 N–H and O–H groups in total. The Labute approximate surface area is 206 Å². The van der Waals surface area contributed by atoms with Gasteiger partial charge >= 0.3 is 5.97 Å². The zero-order valence-electron chi connectivity index (χ0n) is 22.2. The number of carbonyl (C=O) groups excluding carboxylic acids is 1. The smallest absolute Gasteiger partial charge is 0.326 e. The molecule has 2 unspecified atom stereocenters. The molecule has 0 bridgehead atoms. The quantitative estimate of drug-likeness (QED) is 0.444. The minimum Gasteiger partial charge on any atom is -0.480 e. The zero-order chi connectivity index (χ0) is 24.8. The van der Waals surface area contributed by atoms with Crippen LogP contribution in [0.15, 0.2) is 0 Å². The second-order valence-corrected chi connectivity index (χ2v) is 13.5. The van der Waals surface area contributed by atoms with Crippen LogP contribution in [0.5, 0.6) is 0 Å². The van der Waals surface area contributed by atoms with Gasteiger partial charge in [-0.15, -0.1) is 0 Å². The van der Waals surface area contributed by atoms with E-state index in [1.54, 1.807) is 0 Å². The third-order valence-electron chi connectivity index (χ3n) is 11.5. The van der Waals surface area contributed by atoms with Gasteiger partial charge in [-0.25, -0.2) is 4.79 Å². The molecule has 0 aromatic rings. The summed E-state index contributed by atoms with van der Waals surface area (Å²) >= 11 is 0. The van der Waals surface area contributed by atoms with E-state index in [0.29, 0.717) is 35.0 Å². The molecule has 0 aliphatic heterocycles. The van der Waals surface area contributed by atoms with E-state index in [1.165, 1.54) is 44.9 Å². The lowest BCUT2D eigenvalue weighted by Crippen LogP contribution is -2.54. The van der Waals surface area contributed by atoms with Crippen LogP contribution in [0.25, 0.3) is 0 Å². The van der Waals surface area contributed by atoms with Gasteiger partial charge in [0.25, 0.3) is 0 Å². The molecular formula is C29H49NO4. The number of aliphatic hydroxyl groups is 1. The van der Waals surface area contributed by atoms with Crippen LogP contribution in [0, 0.1) is 52.3 Å². The Bertz CT molecular complexity index is 767. The van der Waals surface area contributed by atoms with E-state index >= 15 is 0 Å². The van der Waals surface area contributed by atoms with Gasteiger partial charge in [-0.2, -0.15) is 0 Å². The van der Waals surface area contributed by atoms with Crippen molar-refractivity contribution in [3.8, 4) is 0 Å². The minimum atomic E-state index is -0.949. The summed E-state index contributed by atoms with van der Waals surface area (Å²) in [6, 6.07) is -0.802. The molecule has 0 heterocycles. The van der Waals surface area contributed by atoms with Crippen molar-refractivity contribution in [2.24, 2.45) is 52.3 Å². The lowest BCUT2D eigenvalue weighted by atomic mass is 9.44. The Kier molecular flexibility index (Phi) is 7.45. The summed E-state index contributed by atoms with van der Waals surface area (Å²) in [5, 5.41) is 22.4. The van der Waals surface area contributed by atoms with Crippen LogP contribution in [-0.2, 0) is 9.59 Å². The van der Waals surface area contributed by atoms with Crippen LogP contribution in [0.1, 0.15) is 105 Å². The number of carboxylic acid groups (broad SMARTS) is 1. The number of aliphatic carboxylic acids is 1. The third-order valence-corrected chi connectivity index (χ3v) is 11.5. The van der Waals surface area contributed by atoms with Crippen molar-refractivity contribution in [2.75, 3.05) is 0 Å². The van der Waals surface area contributed by atoms with E-state index < -0.39 is 12.0 Å². The molecule has 5 nitrogen and oxygen atoms in total. The van der Waals surface area contributed by atoms with Gasteiger partial charge in [0.15, 0.2) is 0 Å². The molecule has 4 rings (SSSR count). The van der Waals surface area contributed by atoms with Crippen molar-refractivity contribution in [2.45, 2.75) is 117 Å². The largest absolute Gasteiger partial charge is 0.480 e. The molecule has 0 aromatic carbocycles. The number of hydrogen-bond donors (Lipinski definition) is 3. The lowest BCUT2D eigenvalue weighted by molar-refractivity contribution is -0.143. The van der Waals surface area contributed by atoms with Gasteiger partial charge in [-0.1, -0.05) is 34.6 Å². The molecule has 1 amide bonds. The summed E-state index contributed by atoms with van der Waals surface area (Å²) in [7, 11) is 0. The van der Waals surface area contributed by atoms with E-state index in [0.717, 1.165) is 37.0 Å². The fourth-order valence-electron chi connectivity index (χ4n) is 9.53. The summed E-state index contributed by atoms with van der Waals surface area (Å²) in [6.07, 6.45) is 12.3. The maximum Gasteiger partial charge on any atom is 0.326 e. The Morgan fingerprint density at radius 1 is 0.941 bits per heavy atom. The van der Waals surface area contributed by atoms with Crippen molar-refractivity contribution in [1.29, 1.82) is 0 Å². The number of amides is 1. The average Bonchev–Trinajstić information content (AvgIpc) is 3.13. The van der Waals surface area contributed by atoms with Gasteiger partial charge in [0.1, 0.15) is 6.04 Å². The monoisotopic (exact) mass is 475 g/mol. The Morgan fingerprint density at radius 3 is 2.29 bits per heavy atom. The normalized spacial score (nSPS) is 43.4. The summed E-state index contributed by atoms with van der Waals surface area (Å²) in [4.78, 5) is 24.0. The molecule has 4 fully saturated rings.